The Morgan fingerprint density at radius 3 is 2.19 bits per heavy atom. The minimum Gasteiger partial charge on any atom is -0.504 e. The van der Waals surface area contributed by atoms with Crippen LogP contribution in [-0.2, 0) is 12.8 Å². The molecule has 0 bridgehead atoms. The second-order valence-corrected chi connectivity index (χ2v) is 8.57. The van der Waals surface area contributed by atoms with Crippen molar-refractivity contribution in [1.82, 2.24) is 0 Å². The standard InChI is InChI=1S/C30H32O6/c1-6-8-19-10-13-25(27(15-19)33-4)35-18-23-22-14-20(9-7-2)16-28(34-5)30(22)36-29(23)21-11-12-24(31)26(17-21)32-3/h6-7,10-17,23,29,31H,1-2,8-9,18H2,3-5H3. The lowest BCUT2D eigenvalue weighted by molar-refractivity contribution is 0.163. The van der Waals surface area contributed by atoms with Crippen LogP contribution in [0.3, 0.4) is 0 Å². The van der Waals surface area contributed by atoms with Crippen molar-refractivity contribution >= 4 is 0 Å². The van der Waals surface area contributed by atoms with E-state index in [1.165, 1.54) is 7.11 Å². The van der Waals surface area contributed by atoms with Gasteiger partial charge in [-0.25, -0.2) is 0 Å². The number of hydrogen-bond acceptors (Lipinski definition) is 6. The highest BCUT2D eigenvalue weighted by Crippen LogP contribution is 2.52. The first-order valence-electron chi connectivity index (χ1n) is 11.8. The van der Waals surface area contributed by atoms with Gasteiger partial charge in [0.1, 0.15) is 6.10 Å². The summed E-state index contributed by atoms with van der Waals surface area (Å²) in [5, 5.41) is 10.1. The Kier molecular flexibility index (Phi) is 7.74. The minimum atomic E-state index is -0.381. The van der Waals surface area contributed by atoms with Crippen LogP contribution in [0.4, 0.5) is 0 Å². The largest absolute Gasteiger partial charge is 0.504 e. The fraction of sp³-hybridized carbons (Fsp3) is 0.267. The molecule has 2 unspecified atom stereocenters. The topological polar surface area (TPSA) is 66.4 Å². The fourth-order valence-electron chi connectivity index (χ4n) is 4.55. The summed E-state index contributed by atoms with van der Waals surface area (Å²) in [7, 11) is 4.79. The van der Waals surface area contributed by atoms with Crippen LogP contribution in [0, 0.1) is 0 Å². The number of aromatic hydroxyl groups is 1. The zero-order valence-corrected chi connectivity index (χ0v) is 21.0. The van der Waals surface area contributed by atoms with Gasteiger partial charge in [-0.1, -0.05) is 30.4 Å². The lowest BCUT2D eigenvalue weighted by atomic mass is 9.90. The first-order chi connectivity index (χ1) is 17.5. The molecule has 3 aromatic carbocycles. The lowest BCUT2D eigenvalue weighted by Crippen LogP contribution is -2.17. The monoisotopic (exact) mass is 488 g/mol. The molecule has 1 aliphatic rings. The van der Waals surface area contributed by atoms with Gasteiger partial charge in [-0.15, -0.1) is 13.2 Å². The van der Waals surface area contributed by atoms with Gasteiger partial charge in [-0.2, -0.15) is 0 Å². The zero-order chi connectivity index (χ0) is 25.7. The molecule has 0 saturated heterocycles. The van der Waals surface area contributed by atoms with E-state index in [1.54, 1.807) is 26.4 Å². The Balaban J connectivity index is 1.73. The third-order valence-corrected chi connectivity index (χ3v) is 6.31. The van der Waals surface area contributed by atoms with Crippen molar-refractivity contribution in [1.29, 1.82) is 0 Å². The molecule has 0 radical (unpaired) electrons. The summed E-state index contributed by atoms with van der Waals surface area (Å²) >= 11 is 0. The van der Waals surface area contributed by atoms with E-state index in [1.807, 2.05) is 42.5 Å². The van der Waals surface area contributed by atoms with Gasteiger partial charge in [0.2, 0.25) is 0 Å². The lowest BCUT2D eigenvalue weighted by Gasteiger charge is -2.21. The van der Waals surface area contributed by atoms with Gasteiger partial charge in [0.15, 0.2) is 34.5 Å². The maximum Gasteiger partial charge on any atom is 0.165 e. The van der Waals surface area contributed by atoms with Crippen LogP contribution in [0.2, 0.25) is 0 Å². The fourth-order valence-corrected chi connectivity index (χ4v) is 4.55. The first-order valence-corrected chi connectivity index (χ1v) is 11.8. The van der Waals surface area contributed by atoms with Gasteiger partial charge in [0.25, 0.3) is 0 Å². The third kappa shape index (κ3) is 4.98. The Hall–Kier alpha value is -4.06. The van der Waals surface area contributed by atoms with Crippen LogP contribution in [-0.4, -0.2) is 33.0 Å². The van der Waals surface area contributed by atoms with Crippen LogP contribution >= 0.6 is 0 Å². The molecule has 1 aliphatic heterocycles. The normalized spacial score (nSPS) is 16.0. The highest BCUT2D eigenvalue weighted by Gasteiger charge is 2.39. The number of methoxy groups -OCH3 is 3. The first kappa shape index (κ1) is 25.0. The van der Waals surface area contributed by atoms with Crippen molar-refractivity contribution in [2.75, 3.05) is 27.9 Å². The minimum absolute atomic E-state index is 0.0692. The van der Waals surface area contributed by atoms with E-state index in [9.17, 15) is 5.11 Å². The Labute approximate surface area is 212 Å². The van der Waals surface area contributed by atoms with Crippen molar-refractivity contribution in [3.63, 3.8) is 0 Å². The number of phenolic OH excluding ortho intramolecular Hbond substituents is 1. The molecule has 1 heterocycles. The highest BCUT2D eigenvalue weighted by molar-refractivity contribution is 5.56. The van der Waals surface area contributed by atoms with Crippen molar-refractivity contribution in [3.8, 4) is 34.5 Å². The Morgan fingerprint density at radius 1 is 0.806 bits per heavy atom. The number of phenols is 1. The molecule has 0 saturated carbocycles. The quantitative estimate of drug-likeness (QED) is 0.326. The number of allylic oxidation sites excluding steroid dienone is 2. The zero-order valence-electron chi connectivity index (χ0n) is 21.0. The van der Waals surface area contributed by atoms with Crippen molar-refractivity contribution in [2.24, 2.45) is 0 Å². The molecule has 6 nitrogen and oxygen atoms in total. The number of ether oxygens (including phenoxy) is 5. The van der Waals surface area contributed by atoms with Gasteiger partial charge >= 0.3 is 0 Å². The van der Waals surface area contributed by atoms with Crippen LogP contribution in [0.5, 0.6) is 34.5 Å². The molecule has 1 N–H and O–H groups in total. The van der Waals surface area contributed by atoms with E-state index in [0.29, 0.717) is 41.8 Å². The predicted octanol–water partition coefficient (Wildman–Crippen LogP) is 6.17. The van der Waals surface area contributed by atoms with E-state index in [-0.39, 0.29) is 17.8 Å². The smallest absolute Gasteiger partial charge is 0.165 e. The van der Waals surface area contributed by atoms with E-state index < -0.39 is 0 Å². The molecule has 0 fully saturated rings. The molecule has 188 valence electrons. The van der Waals surface area contributed by atoms with Crippen LogP contribution in [0.15, 0.2) is 73.8 Å². The summed E-state index contributed by atoms with van der Waals surface area (Å²) in [6, 6.07) is 15.2. The number of hydrogen-bond donors (Lipinski definition) is 1. The van der Waals surface area contributed by atoms with E-state index in [0.717, 1.165) is 28.7 Å². The Morgan fingerprint density at radius 2 is 1.50 bits per heavy atom. The molecule has 6 heteroatoms. The highest BCUT2D eigenvalue weighted by atomic mass is 16.5. The van der Waals surface area contributed by atoms with Crippen molar-refractivity contribution < 1.29 is 28.8 Å². The average Bonchev–Trinajstić information content (AvgIpc) is 3.26. The number of benzene rings is 3. The summed E-state index contributed by atoms with van der Waals surface area (Å²) in [5.74, 6) is 2.94. The molecule has 2 atom stereocenters. The SMILES string of the molecule is C=CCc1ccc(OCC2c3cc(CC=C)cc(OC)c3OC2c2ccc(O)c(OC)c2)c(OC)c1. The van der Waals surface area contributed by atoms with E-state index in [2.05, 4.69) is 19.2 Å². The molecule has 0 aromatic heterocycles. The number of fused-ring (bicyclic) bond motifs is 1. The van der Waals surface area contributed by atoms with Crippen molar-refractivity contribution in [3.05, 3.63) is 96.1 Å². The summed E-state index contributed by atoms with van der Waals surface area (Å²) in [4.78, 5) is 0. The summed E-state index contributed by atoms with van der Waals surface area (Å²) in [6.45, 7) is 8.01. The van der Waals surface area contributed by atoms with Gasteiger partial charge in [-0.3, -0.25) is 0 Å². The van der Waals surface area contributed by atoms with Crippen LogP contribution in [0.25, 0.3) is 0 Å². The average molecular weight is 489 g/mol. The second-order valence-electron chi connectivity index (χ2n) is 8.57. The Bertz CT molecular complexity index is 1250. The van der Waals surface area contributed by atoms with E-state index in [4.69, 9.17) is 23.7 Å². The molecular weight excluding hydrogens is 456 g/mol. The molecule has 3 aromatic rings. The van der Waals surface area contributed by atoms with Crippen LogP contribution in [0.1, 0.15) is 34.3 Å². The van der Waals surface area contributed by atoms with Crippen LogP contribution < -0.4 is 23.7 Å². The summed E-state index contributed by atoms with van der Waals surface area (Å²) < 4.78 is 29.4. The summed E-state index contributed by atoms with van der Waals surface area (Å²) in [5.41, 5.74) is 4.02. The molecule has 0 spiro atoms. The molecule has 0 aliphatic carbocycles. The maximum absolute atomic E-state index is 10.1. The van der Waals surface area contributed by atoms with Crippen molar-refractivity contribution in [2.45, 2.75) is 24.9 Å². The molecule has 0 amide bonds. The third-order valence-electron chi connectivity index (χ3n) is 6.31. The van der Waals surface area contributed by atoms with Gasteiger partial charge in [0.05, 0.1) is 33.9 Å². The molecular formula is C30H32O6. The molecule has 4 rings (SSSR count). The maximum atomic E-state index is 10.1. The summed E-state index contributed by atoms with van der Waals surface area (Å²) in [6.07, 6.45) is 4.78. The second kappa shape index (κ2) is 11.1. The predicted molar refractivity (Wildman–Crippen MR) is 140 cm³/mol. The van der Waals surface area contributed by atoms with E-state index >= 15 is 0 Å². The number of rotatable bonds is 11. The van der Waals surface area contributed by atoms with Gasteiger partial charge in [-0.05, 0) is 59.9 Å². The van der Waals surface area contributed by atoms with Gasteiger partial charge < -0.3 is 28.8 Å². The molecule has 36 heavy (non-hydrogen) atoms. The van der Waals surface area contributed by atoms with Gasteiger partial charge in [0, 0.05) is 5.56 Å².